The zero-order valence-corrected chi connectivity index (χ0v) is 16.9. The molecule has 0 unspecified atom stereocenters. The lowest BCUT2D eigenvalue weighted by Crippen LogP contribution is -2.35. The lowest BCUT2D eigenvalue weighted by Gasteiger charge is -2.36. The first-order chi connectivity index (χ1) is 13.7. The number of nitrogens with two attached hydrogens (primary N) is 1. The highest BCUT2D eigenvalue weighted by Gasteiger charge is 2.34. The third-order valence-electron chi connectivity index (χ3n) is 5.35. The first-order valence-electron chi connectivity index (χ1n) is 9.58. The molecule has 2 aromatic carbocycles. The smallest absolute Gasteiger partial charge is 0.215 e. The largest absolute Gasteiger partial charge is 0.381 e. The Morgan fingerprint density at radius 2 is 1.86 bits per heavy atom. The van der Waals surface area contributed by atoms with Crippen molar-refractivity contribution in [2.24, 2.45) is 15.7 Å². The van der Waals surface area contributed by atoms with Crippen molar-refractivity contribution in [3.05, 3.63) is 59.7 Å². The van der Waals surface area contributed by atoms with Crippen LogP contribution < -0.4 is 5.73 Å². The van der Waals surface area contributed by atoms with Crippen molar-refractivity contribution < 1.29 is 9.47 Å². The molecule has 2 heterocycles. The summed E-state index contributed by atoms with van der Waals surface area (Å²) in [5.41, 5.74) is 8.84. The molecule has 1 saturated heterocycles. The van der Waals surface area contributed by atoms with Crippen LogP contribution in [0, 0.1) is 0 Å². The van der Waals surface area contributed by atoms with Crippen LogP contribution in [0.5, 0.6) is 0 Å². The summed E-state index contributed by atoms with van der Waals surface area (Å²) in [5.74, 6) is 0.372. The van der Waals surface area contributed by atoms with Crippen molar-refractivity contribution >= 4 is 23.4 Å². The summed E-state index contributed by atoms with van der Waals surface area (Å²) in [6.45, 7) is 2.19. The predicted octanol–water partition coefficient (Wildman–Crippen LogP) is 4.00. The highest BCUT2D eigenvalue weighted by Crippen LogP contribution is 2.38. The molecule has 28 heavy (non-hydrogen) atoms. The topological polar surface area (TPSA) is 69.2 Å². The second kappa shape index (κ2) is 8.47. The Labute approximate surface area is 170 Å². The number of aliphatic imine (C=N–C) groups is 2. The highest BCUT2D eigenvalue weighted by molar-refractivity contribution is 7.99. The number of guanidine groups is 1. The Morgan fingerprint density at radius 1 is 1.07 bits per heavy atom. The van der Waals surface area contributed by atoms with Gasteiger partial charge in [0.05, 0.1) is 11.3 Å². The molecule has 0 saturated carbocycles. The van der Waals surface area contributed by atoms with Gasteiger partial charge in [-0.25, -0.2) is 4.99 Å². The fourth-order valence-electron chi connectivity index (χ4n) is 3.72. The van der Waals surface area contributed by atoms with E-state index in [0.717, 1.165) is 43.8 Å². The van der Waals surface area contributed by atoms with E-state index in [-0.39, 0.29) is 5.60 Å². The van der Waals surface area contributed by atoms with Crippen LogP contribution in [0.2, 0.25) is 0 Å². The first kappa shape index (κ1) is 19.2. The zero-order valence-electron chi connectivity index (χ0n) is 16.1. The van der Waals surface area contributed by atoms with Gasteiger partial charge in [0.2, 0.25) is 5.96 Å². The van der Waals surface area contributed by atoms with Crippen molar-refractivity contribution in [2.75, 3.05) is 26.9 Å². The molecule has 6 heteroatoms. The second-order valence-corrected chi connectivity index (χ2v) is 8.16. The van der Waals surface area contributed by atoms with E-state index >= 15 is 0 Å². The minimum Gasteiger partial charge on any atom is -0.381 e. The molecule has 0 aromatic heterocycles. The molecular formula is C22H25N3O2S. The van der Waals surface area contributed by atoms with Crippen LogP contribution in [0.4, 0.5) is 0 Å². The van der Waals surface area contributed by atoms with Gasteiger partial charge in [-0.3, -0.25) is 4.99 Å². The third kappa shape index (κ3) is 4.14. The fourth-order valence-corrected chi connectivity index (χ4v) is 4.60. The molecule has 2 aromatic rings. The summed E-state index contributed by atoms with van der Waals surface area (Å²) in [6.07, 6.45) is 2.61. The van der Waals surface area contributed by atoms with Gasteiger partial charge >= 0.3 is 0 Å². The normalized spacial score (nSPS) is 19.0. The van der Waals surface area contributed by atoms with Gasteiger partial charge in [0.25, 0.3) is 0 Å². The quantitative estimate of drug-likeness (QED) is 0.831. The van der Waals surface area contributed by atoms with Gasteiger partial charge in [0.1, 0.15) is 0 Å². The molecule has 5 nitrogen and oxygen atoms in total. The average molecular weight is 396 g/mol. The number of nitrogens with zero attached hydrogens (tertiary/aromatic N) is 2. The van der Waals surface area contributed by atoms with Gasteiger partial charge in [0.15, 0.2) is 0 Å². The van der Waals surface area contributed by atoms with Crippen LogP contribution in [0.15, 0.2) is 68.3 Å². The van der Waals surface area contributed by atoms with Crippen LogP contribution in [-0.2, 0) is 15.1 Å². The summed E-state index contributed by atoms with van der Waals surface area (Å²) in [6, 6.07) is 17.2. The van der Waals surface area contributed by atoms with Crippen LogP contribution in [0.3, 0.4) is 0 Å². The highest BCUT2D eigenvalue weighted by atomic mass is 32.2. The summed E-state index contributed by atoms with van der Waals surface area (Å²) >= 11 is 1.76. The monoisotopic (exact) mass is 395 g/mol. The Balaban J connectivity index is 1.51. The standard InChI is InChI=1S/C22H25N3O2S/c1-26-22(10-13-27-14-11-22)17-3-2-4-19(15-17)28-18-7-5-16(6-8-18)20-9-12-24-21(23)25-20/h2-8,15H,9-14H2,1H3,(H2,23,24). The molecule has 1 fully saturated rings. The molecular weight excluding hydrogens is 370 g/mol. The number of methoxy groups -OCH3 is 1. The van der Waals surface area contributed by atoms with E-state index in [4.69, 9.17) is 15.2 Å². The van der Waals surface area contributed by atoms with E-state index < -0.39 is 0 Å². The van der Waals surface area contributed by atoms with Crippen molar-refractivity contribution in [2.45, 2.75) is 34.7 Å². The van der Waals surface area contributed by atoms with Crippen molar-refractivity contribution in [1.29, 1.82) is 0 Å². The average Bonchev–Trinajstić information content (AvgIpc) is 2.75. The molecule has 0 spiro atoms. The van der Waals surface area contributed by atoms with E-state index in [1.165, 1.54) is 15.4 Å². The Bertz CT molecular complexity index is 887. The Morgan fingerprint density at radius 3 is 2.57 bits per heavy atom. The van der Waals surface area contributed by atoms with E-state index in [1.54, 1.807) is 18.9 Å². The molecule has 0 radical (unpaired) electrons. The lowest BCUT2D eigenvalue weighted by molar-refractivity contribution is -0.0948. The van der Waals surface area contributed by atoms with E-state index in [1.807, 2.05) is 0 Å². The number of ether oxygens (including phenoxy) is 2. The fraction of sp³-hybridized carbons (Fsp3) is 0.364. The molecule has 0 aliphatic carbocycles. The van der Waals surface area contributed by atoms with Crippen molar-refractivity contribution in [1.82, 2.24) is 0 Å². The first-order valence-corrected chi connectivity index (χ1v) is 10.4. The van der Waals surface area contributed by atoms with Gasteiger partial charge in [-0.2, -0.15) is 0 Å². The number of hydrogen-bond donors (Lipinski definition) is 1. The van der Waals surface area contributed by atoms with Crippen molar-refractivity contribution in [3.63, 3.8) is 0 Å². The van der Waals surface area contributed by atoms with Crippen LogP contribution in [0.1, 0.15) is 30.4 Å². The number of hydrogen-bond acceptors (Lipinski definition) is 6. The maximum Gasteiger partial charge on any atom is 0.215 e. The van der Waals surface area contributed by atoms with Gasteiger partial charge in [-0.1, -0.05) is 36.0 Å². The van der Waals surface area contributed by atoms with Gasteiger partial charge in [0, 0.05) is 55.9 Å². The summed E-state index contributed by atoms with van der Waals surface area (Å²) < 4.78 is 11.5. The maximum atomic E-state index is 5.94. The molecule has 0 atom stereocenters. The Hall–Kier alpha value is -2.15. The number of benzene rings is 2. The molecule has 2 N–H and O–H groups in total. The second-order valence-electron chi connectivity index (χ2n) is 7.01. The summed E-state index contributed by atoms with van der Waals surface area (Å²) in [4.78, 5) is 10.9. The minimum atomic E-state index is -0.237. The van der Waals surface area contributed by atoms with E-state index in [0.29, 0.717) is 12.5 Å². The molecule has 0 bridgehead atoms. The zero-order chi connectivity index (χ0) is 19.4. The van der Waals surface area contributed by atoms with Crippen molar-refractivity contribution in [3.8, 4) is 0 Å². The predicted molar refractivity (Wildman–Crippen MR) is 113 cm³/mol. The van der Waals surface area contributed by atoms with Gasteiger partial charge in [-0.05, 0) is 35.4 Å². The Kier molecular flexibility index (Phi) is 5.80. The molecule has 2 aliphatic heterocycles. The van der Waals surface area contributed by atoms with Gasteiger partial charge in [-0.15, -0.1) is 0 Å². The maximum absolute atomic E-state index is 5.94. The summed E-state index contributed by atoms with van der Waals surface area (Å²) in [5, 5.41) is 0. The SMILES string of the molecule is COC1(c2cccc(Sc3ccc(C4=NC(N)=NCC4)cc3)c2)CCOCC1. The summed E-state index contributed by atoms with van der Waals surface area (Å²) in [7, 11) is 1.80. The molecule has 2 aliphatic rings. The third-order valence-corrected chi connectivity index (χ3v) is 6.34. The molecule has 0 amide bonds. The lowest BCUT2D eigenvalue weighted by atomic mass is 9.86. The van der Waals surface area contributed by atoms with Crippen LogP contribution in [-0.4, -0.2) is 38.5 Å². The minimum absolute atomic E-state index is 0.237. The van der Waals surface area contributed by atoms with E-state index in [2.05, 4.69) is 58.5 Å². The van der Waals surface area contributed by atoms with E-state index in [9.17, 15) is 0 Å². The van der Waals surface area contributed by atoms with Crippen LogP contribution in [0.25, 0.3) is 0 Å². The number of rotatable bonds is 5. The van der Waals surface area contributed by atoms with Gasteiger partial charge < -0.3 is 15.2 Å². The molecule has 146 valence electrons. The molecule has 4 rings (SSSR count). The van der Waals surface area contributed by atoms with Crippen LogP contribution >= 0.6 is 11.8 Å².